The topological polar surface area (TPSA) is 61.3 Å². The molecule has 1 fully saturated rings. The zero-order valence-electron chi connectivity index (χ0n) is 12.3. The first-order chi connectivity index (χ1) is 8.90. The van der Waals surface area contributed by atoms with E-state index in [9.17, 15) is 5.11 Å². The molecule has 1 saturated heterocycles. The second-order valence-corrected chi connectivity index (χ2v) is 6.15. The van der Waals surface area contributed by atoms with Gasteiger partial charge in [0, 0.05) is 31.6 Å². The quantitative estimate of drug-likeness (QED) is 0.852. The van der Waals surface area contributed by atoms with Crippen LogP contribution in [0.3, 0.4) is 0 Å². The molecule has 0 bridgehead atoms. The van der Waals surface area contributed by atoms with Crippen molar-refractivity contribution in [1.29, 1.82) is 0 Å². The summed E-state index contributed by atoms with van der Waals surface area (Å²) in [6.45, 7) is 8.05. The van der Waals surface area contributed by atoms with Crippen LogP contribution < -0.4 is 10.2 Å². The molecule has 1 aromatic heterocycles. The van der Waals surface area contributed by atoms with Gasteiger partial charge in [-0.3, -0.25) is 0 Å². The minimum Gasteiger partial charge on any atom is -0.393 e. The van der Waals surface area contributed by atoms with Crippen LogP contribution in [-0.2, 0) is 5.41 Å². The van der Waals surface area contributed by atoms with Crippen molar-refractivity contribution in [3.8, 4) is 0 Å². The lowest BCUT2D eigenvalue weighted by atomic mass is 9.95. The van der Waals surface area contributed by atoms with Crippen LogP contribution in [0.25, 0.3) is 0 Å². The molecule has 0 aromatic carbocycles. The average molecular weight is 264 g/mol. The van der Waals surface area contributed by atoms with Crippen LogP contribution in [0.15, 0.2) is 6.07 Å². The number of hydrogen-bond acceptors (Lipinski definition) is 5. The number of aliphatic hydroxyl groups excluding tert-OH is 1. The molecule has 0 radical (unpaired) electrons. The van der Waals surface area contributed by atoms with E-state index in [1.165, 1.54) is 0 Å². The zero-order chi connectivity index (χ0) is 14.0. The number of anilines is 2. The van der Waals surface area contributed by atoms with Crippen LogP contribution in [-0.4, -0.2) is 41.3 Å². The van der Waals surface area contributed by atoms with Gasteiger partial charge in [0.1, 0.15) is 17.5 Å². The van der Waals surface area contributed by atoms with Crippen molar-refractivity contribution in [2.24, 2.45) is 0 Å². The molecule has 0 saturated carbocycles. The molecule has 106 valence electrons. The highest BCUT2D eigenvalue weighted by molar-refractivity contribution is 5.50. The molecular formula is C14H24N4O. The lowest BCUT2D eigenvalue weighted by Crippen LogP contribution is -2.36. The average Bonchev–Trinajstić information content (AvgIpc) is 2.38. The van der Waals surface area contributed by atoms with E-state index in [1.54, 1.807) is 0 Å². The molecule has 5 nitrogen and oxygen atoms in total. The first-order valence-corrected chi connectivity index (χ1v) is 6.90. The highest BCUT2D eigenvalue weighted by Gasteiger charge is 2.23. The van der Waals surface area contributed by atoms with Gasteiger partial charge in [0.25, 0.3) is 0 Å². The molecule has 1 aliphatic rings. The van der Waals surface area contributed by atoms with E-state index in [4.69, 9.17) is 4.98 Å². The summed E-state index contributed by atoms with van der Waals surface area (Å²) in [6, 6.07) is 1.98. The summed E-state index contributed by atoms with van der Waals surface area (Å²) < 4.78 is 0. The Labute approximate surface area is 115 Å². The number of nitrogens with zero attached hydrogens (tertiary/aromatic N) is 3. The first-order valence-electron chi connectivity index (χ1n) is 6.90. The minimum absolute atomic E-state index is 0.0725. The fourth-order valence-corrected chi connectivity index (χ4v) is 2.15. The molecule has 0 atom stereocenters. The van der Waals surface area contributed by atoms with Crippen LogP contribution >= 0.6 is 0 Å². The Morgan fingerprint density at radius 2 is 1.89 bits per heavy atom. The van der Waals surface area contributed by atoms with Gasteiger partial charge in [-0.2, -0.15) is 0 Å². The predicted molar refractivity (Wildman–Crippen MR) is 77.7 cm³/mol. The van der Waals surface area contributed by atoms with Crippen LogP contribution in [0.2, 0.25) is 0 Å². The summed E-state index contributed by atoms with van der Waals surface area (Å²) in [6.07, 6.45) is 1.46. The number of piperidine rings is 1. The van der Waals surface area contributed by atoms with E-state index in [0.717, 1.165) is 43.4 Å². The standard InChI is InChI=1S/C14H24N4O/c1-14(2,3)13-16-11(15-4)9-12(17-13)18-7-5-10(19)6-8-18/h9-10,19H,5-8H2,1-4H3,(H,15,16,17). The summed E-state index contributed by atoms with van der Waals surface area (Å²) in [5.74, 6) is 2.65. The molecule has 0 aliphatic carbocycles. The molecular weight excluding hydrogens is 240 g/mol. The maximum Gasteiger partial charge on any atom is 0.138 e. The summed E-state index contributed by atoms with van der Waals surface area (Å²) in [4.78, 5) is 11.5. The lowest BCUT2D eigenvalue weighted by Gasteiger charge is -2.31. The Kier molecular flexibility index (Phi) is 3.94. The van der Waals surface area contributed by atoms with Gasteiger partial charge in [0.15, 0.2) is 0 Å². The third-order valence-electron chi connectivity index (χ3n) is 3.43. The SMILES string of the molecule is CNc1cc(N2CCC(O)CC2)nc(C(C)(C)C)n1. The van der Waals surface area contributed by atoms with Crippen LogP contribution in [0.1, 0.15) is 39.4 Å². The normalized spacial score (nSPS) is 17.6. The van der Waals surface area contributed by atoms with Gasteiger partial charge in [-0.25, -0.2) is 9.97 Å². The molecule has 2 heterocycles. The molecule has 1 aliphatic heterocycles. The molecule has 0 amide bonds. The Bertz CT molecular complexity index is 434. The van der Waals surface area contributed by atoms with Gasteiger partial charge >= 0.3 is 0 Å². The first kappa shape index (κ1) is 14.1. The minimum atomic E-state index is -0.163. The van der Waals surface area contributed by atoms with Gasteiger partial charge in [-0.15, -0.1) is 0 Å². The van der Waals surface area contributed by atoms with Gasteiger partial charge in [0.05, 0.1) is 6.10 Å². The van der Waals surface area contributed by atoms with Crippen molar-refractivity contribution in [3.05, 3.63) is 11.9 Å². The Balaban J connectivity index is 2.29. The highest BCUT2D eigenvalue weighted by Crippen LogP contribution is 2.25. The largest absolute Gasteiger partial charge is 0.393 e. The van der Waals surface area contributed by atoms with Gasteiger partial charge in [0.2, 0.25) is 0 Å². The number of rotatable bonds is 2. The fraction of sp³-hybridized carbons (Fsp3) is 0.714. The van der Waals surface area contributed by atoms with E-state index < -0.39 is 0 Å². The number of aliphatic hydroxyl groups is 1. The van der Waals surface area contributed by atoms with Gasteiger partial charge < -0.3 is 15.3 Å². The fourth-order valence-electron chi connectivity index (χ4n) is 2.15. The molecule has 2 rings (SSSR count). The summed E-state index contributed by atoms with van der Waals surface area (Å²) in [5.41, 5.74) is -0.0725. The summed E-state index contributed by atoms with van der Waals surface area (Å²) in [7, 11) is 1.87. The Hall–Kier alpha value is -1.36. The van der Waals surface area contributed by atoms with E-state index in [1.807, 2.05) is 13.1 Å². The predicted octanol–water partition coefficient (Wildman–Crippen LogP) is 1.78. The number of nitrogens with one attached hydrogen (secondary N) is 1. The van der Waals surface area contributed by atoms with E-state index >= 15 is 0 Å². The van der Waals surface area contributed by atoms with Crippen molar-refractivity contribution in [1.82, 2.24) is 9.97 Å². The third kappa shape index (κ3) is 3.35. The number of hydrogen-bond donors (Lipinski definition) is 2. The van der Waals surface area contributed by atoms with Crippen molar-refractivity contribution in [3.63, 3.8) is 0 Å². The van der Waals surface area contributed by atoms with Crippen molar-refractivity contribution in [2.75, 3.05) is 30.4 Å². The smallest absolute Gasteiger partial charge is 0.138 e. The highest BCUT2D eigenvalue weighted by atomic mass is 16.3. The Morgan fingerprint density at radius 1 is 1.26 bits per heavy atom. The number of aromatic nitrogens is 2. The summed E-state index contributed by atoms with van der Waals surface area (Å²) >= 11 is 0. The van der Waals surface area contributed by atoms with Crippen molar-refractivity contribution < 1.29 is 5.11 Å². The van der Waals surface area contributed by atoms with E-state index in [0.29, 0.717) is 0 Å². The van der Waals surface area contributed by atoms with Crippen molar-refractivity contribution >= 4 is 11.6 Å². The van der Waals surface area contributed by atoms with Crippen molar-refractivity contribution in [2.45, 2.75) is 45.1 Å². The maximum absolute atomic E-state index is 9.59. The van der Waals surface area contributed by atoms with Gasteiger partial charge in [-0.05, 0) is 12.8 Å². The molecule has 19 heavy (non-hydrogen) atoms. The second kappa shape index (κ2) is 5.33. The zero-order valence-corrected chi connectivity index (χ0v) is 12.3. The molecule has 0 unspecified atom stereocenters. The van der Waals surface area contributed by atoms with Crippen LogP contribution in [0.4, 0.5) is 11.6 Å². The lowest BCUT2D eigenvalue weighted by molar-refractivity contribution is 0.145. The van der Waals surface area contributed by atoms with E-state index in [2.05, 4.69) is 36.0 Å². The molecule has 1 aromatic rings. The van der Waals surface area contributed by atoms with Gasteiger partial charge in [-0.1, -0.05) is 20.8 Å². The van der Waals surface area contributed by atoms with E-state index in [-0.39, 0.29) is 11.5 Å². The molecule has 5 heteroatoms. The summed E-state index contributed by atoms with van der Waals surface area (Å²) in [5, 5.41) is 12.7. The molecule has 0 spiro atoms. The second-order valence-electron chi connectivity index (χ2n) is 6.15. The third-order valence-corrected chi connectivity index (χ3v) is 3.43. The Morgan fingerprint density at radius 3 is 2.42 bits per heavy atom. The van der Waals surface area contributed by atoms with Crippen LogP contribution in [0.5, 0.6) is 0 Å². The maximum atomic E-state index is 9.59. The van der Waals surface area contributed by atoms with Crippen LogP contribution in [0, 0.1) is 0 Å². The monoisotopic (exact) mass is 264 g/mol. The molecule has 2 N–H and O–H groups in total.